The smallest absolute Gasteiger partial charge is 0.305 e. The molecule has 12 unspecified atom stereocenters. The van der Waals surface area contributed by atoms with E-state index in [4.69, 9.17) is 42.6 Å². The van der Waals surface area contributed by atoms with Crippen molar-refractivity contribution in [2.45, 2.75) is 442 Å². The normalized spacial score (nSPS) is 18.1. The van der Waals surface area contributed by atoms with Gasteiger partial charge in [0.05, 0.1) is 95.6 Å². The predicted octanol–water partition coefficient (Wildman–Crippen LogP) is 18.3. The number of hydrogen-bond acceptors (Lipinski definition) is 17. The van der Waals surface area contributed by atoms with Crippen molar-refractivity contribution in [2.24, 2.45) is 0 Å². The molecule has 0 amide bonds. The van der Waals surface area contributed by atoms with E-state index in [1.54, 1.807) is 0 Å². The Morgan fingerprint density at radius 3 is 0.895 bits per heavy atom. The Morgan fingerprint density at radius 1 is 0.326 bits per heavy atom. The lowest BCUT2D eigenvalue weighted by Gasteiger charge is -2.32. The van der Waals surface area contributed by atoms with Gasteiger partial charge in [-0.3, -0.25) is 24.0 Å². The van der Waals surface area contributed by atoms with E-state index in [-0.39, 0.29) is 80.1 Å². The van der Waals surface area contributed by atoms with Crippen LogP contribution in [0, 0.1) is 0 Å². The fourth-order valence-corrected chi connectivity index (χ4v) is 12.9. The maximum absolute atomic E-state index is 11.7. The third-order valence-electron chi connectivity index (χ3n) is 19.2. The van der Waals surface area contributed by atoms with Crippen LogP contribution in [-0.4, -0.2) is 147 Å². The average molecular weight is 1360 g/mol. The third-order valence-corrected chi connectivity index (χ3v) is 19.2. The molecule has 3 N–H and O–H groups in total. The first-order valence-corrected chi connectivity index (χ1v) is 38.8. The van der Waals surface area contributed by atoms with Crippen LogP contribution in [0.1, 0.15) is 369 Å². The summed E-state index contributed by atoms with van der Waals surface area (Å²) in [6.07, 6.45) is 47.0. The van der Waals surface area contributed by atoms with Crippen LogP contribution in [0.4, 0.5) is 0 Å². The van der Waals surface area contributed by atoms with Gasteiger partial charge in [-0.1, -0.05) is 253 Å². The molecule has 95 heavy (non-hydrogen) atoms. The van der Waals surface area contributed by atoms with Gasteiger partial charge in [0, 0.05) is 38.5 Å². The van der Waals surface area contributed by atoms with Gasteiger partial charge < -0.3 is 58.0 Å². The van der Waals surface area contributed by atoms with E-state index in [1.807, 2.05) is 0 Å². The number of aliphatic hydroxyl groups excluding tert-OH is 3. The molecule has 2 rings (SSSR count). The fourth-order valence-electron chi connectivity index (χ4n) is 12.9. The molecule has 17 heteroatoms. The van der Waals surface area contributed by atoms with Crippen LogP contribution in [0.3, 0.4) is 0 Å². The summed E-state index contributed by atoms with van der Waals surface area (Å²) in [6, 6.07) is 0. The Labute approximate surface area is 580 Å². The van der Waals surface area contributed by atoms with Gasteiger partial charge in [0.25, 0.3) is 6.47 Å². The van der Waals surface area contributed by atoms with Gasteiger partial charge in [0.2, 0.25) is 0 Å². The van der Waals surface area contributed by atoms with Crippen LogP contribution < -0.4 is 0 Å². The molecule has 12 atom stereocenters. The molecule has 0 radical (unpaired) electrons. The van der Waals surface area contributed by atoms with E-state index in [9.17, 15) is 39.3 Å². The first kappa shape index (κ1) is 92.1. The molecular formula is C78H148O17. The molecular weight excluding hydrogens is 1210 g/mol. The van der Waals surface area contributed by atoms with Crippen LogP contribution >= 0.6 is 0 Å². The Bertz CT molecular complexity index is 1770. The number of esters is 4. The van der Waals surface area contributed by atoms with Crippen LogP contribution in [0.25, 0.3) is 0 Å². The lowest BCUT2D eigenvalue weighted by molar-refractivity contribution is -0.157. The summed E-state index contributed by atoms with van der Waals surface area (Å²) in [6.45, 7) is 9.40. The summed E-state index contributed by atoms with van der Waals surface area (Å²) in [5.74, 6) is -0.634. The molecule has 17 nitrogen and oxygen atoms in total. The van der Waals surface area contributed by atoms with Crippen molar-refractivity contribution in [3.8, 4) is 0 Å². The number of epoxide rings is 2. The summed E-state index contributed by atoms with van der Waals surface area (Å²) in [4.78, 5) is 57.3. The molecule has 0 saturated carbocycles. The predicted molar refractivity (Wildman–Crippen MR) is 381 cm³/mol. The lowest BCUT2D eigenvalue weighted by Crippen LogP contribution is -2.40. The summed E-state index contributed by atoms with van der Waals surface area (Å²) in [7, 11) is 5.71. The maximum Gasteiger partial charge on any atom is 0.305 e. The highest BCUT2D eigenvalue weighted by molar-refractivity contribution is 5.70. The number of carbonyl (C=O) groups excluding carboxylic acids is 5. The quantitative estimate of drug-likeness (QED) is 0.0169. The van der Waals surface area contributed by atoms with Gasteiger partial charge >= 0.3 is 23.9 Å². The van der Waals surface area contributed by atoms with Crippen molar-refractivity contribution < 1.29 is 81.9 Å². The Kier molecular flexibility index (Phi) is 62.5. The first-order valence-electron chi connectivity index (χ1n) is 38.8. The zero-order valence-corrected chi connectivity index (χ0v) is 61.3. The standard InChI is InChI=1S/C39H72O9.C38H72O8.CH4/c1-5-7-9-10-14-20-25-33(32(41)24-19-13-11-16-22-28-38(42)44-3)47-34(27-21-15-12-17-23-29-39(43)45-4)36(46-31-40)30-37-35(48-37)26-18-8-6-2;1-5-7-9-10-13-19-24-31(39)33(26-21-15-12-17-23-29-38(42)44-4)45-35(30-36-34(46-36)27-18-8-6-2)32(40)25-20-14-11-16-22-28-37(41)43-3;/h31-37,41H,5-30H2,1-4H3;31-36,39-40H,5-30H2,1-4H3;1H4. The highest BCUT2D eigenvalue weighted by Gasteiger charge is 2.44. The molecule has 2 aliphatic heterocycles. The van der Waals surface area contributed by atoms with Crippen molar-refractivity contribution in [3.63, 3.8) is 0 Å². The molecule has 0 aliphatic carbocycles. The van der Waals surface area contributed by atoms with Crippen molar-refractivity contribution in [3.05, 3.63) is 0 Å². The minimum absolute atomic E-state index is 0. The zero-order valence-electron chi connectivity index (χ0n) is 61.3. The van der Waals surface area contributed by atoms with E-state index < -0.39 is 24.4 Å². The van der Waals surface area contributed by atoms with E-state index in [0.717, 1.165) is 199 Å². The van der Waals surface area contributed by atoms with Crippen molar-refractivity contribution in [1.82, 2.24) is 0 Å². The van der Waals surface area contributed by atoms with Gasteiger partial charge in [-0.25, -0.2) is 0 Å². The van der Waals surface area contributed by atoms with E-state index in [0.29, 0.717) is 57.8 Å². The van der Waals surface area contributed by atoms with E-state index in [1.165, 1.54) is 112 Å². The summed E-state index contributed by atoms with van der Waals surface area (Å²) >= 11 is 0. The number of carbonyl (C=O) groups is 5. The minimum atomic E-state index is -0.599. The Hall–Kier alpha value is -2.93. The van der Waals surface area contributed by atoms with Crippen molar-refractivity contribution in [2.75, 3.05) is 28.4 Å². The SMILES string of the molecule is C.CCCCCCCCC(O)C(CCCCCCCC(=O)OC)OC(CC1OC1CCCCC)C(O)CCCCCCCC(=O)OC.CCCCCCCCC(OC(CCCCCCCC(=O)OC)C(CC1OC1CCCCC)OC=O)C(O)CCCCCCCC(=O)OC. The van der Waals surface area contributed by atoms with Gasteiger partial charge in [-0.2, -0.15) is 0 Å². The third kappa shape index (κ3) is 51.8. The summed E-state index contributed by atoms with van der Waals surface area (Å²) in [5, 5.41) is 34.2. The molecule has 2 fully saturated rings. The van der Waals surface area contributed by atoms with Crippen molar-refractivity contribution in [1.29, 1.82) is 0 Å². The monoisotopic (exact) mass is 1360 g/mol. The molecule has 0 bridgehead atoms. The second-order valence-electron chi connectivity index (χ2n) is 27.4. The topological polar surface area (TPSA) is 236 Å². The molecule has 0 aromatic rings. The zero-order chi connectivity index (χ0) is 69.1. The first-order chi connectivity index (χ1) is 45.7. The van der Waals surface area contributed by atoms with E-state index >= 15 is 0 Å². The highest BCUT2D eigenvalue weighted by atomic mass is 16.6. The summed E-state index contributed by atoms with van der Waals surface area (Å²) in [5.41, 5.74) is 0. The second-order valence-corrected chi connectivity index (χ2v) is 27.4. The molecule has 2 aliphatic rings. The molecule has 2 saturated heterocycles. The van der Waals surface area contributed by atoms with E-state index in [2.05, 4.69) is 27.7 Å². The molecule has 2 heterocycles. The average Bonchev–Trinajstić information content (AvgIpc) is 1.71. The second kappa shape index (κ2) is 64.4. The van der Waals surface area contributed by atoms with Gasteiger partial charge in [0.1, 0.15) is 6.10 Å². The number of unbranched alkanes of at least 4 members (excludes halogenated alkanes) is 30. The molecule has 0 aromatic heterocycles. The fraction of sp³-hybridized carbons (Fsp3) is 0.936. The number of methoxy groups -OCH3 is 4. The molecule has 562 valence electrons. The minimum Gasteiger partial charge on any atom is -0.469 e. The number of rotatable bonds is 68. The Morgan fingerprint density at radius 2 is 0.579 bits per heavy atom. The Balaban J connectivity index is 0.00000184. The highest BCUT2D eigenvalue weighted by Crippen LogP contribution is 2.36. The maximum atomic E-state index is 11.7. The van der Waals surface area contributed by atoms with Crippen LogP contribution in [0.5, 0.6) is 0 Å². The lowest BCUT2D eigenvalue weighted by atomic mass is 9.96. The van der Waals surface area contributed by atoms with Gasteiger partial charge in [-0.05, 0) is 77.0 Å². The van der Waals surface area contributed by atoms with Gasteiger partial charge in [0.15, 0.2) is 0 Å². The number of ether oxygens (including phenoxy) is 9. The van der Waals surface area contributed by atoms with Crippen LogP contribution in [0.15, 0.2) is 0 Å². The van der Waals surface area contributed by atoms with Crippen molar-refractivity contribution >= 4 is 30.3 Å². The van der Waals surface area contributed by atoms with Gasteiger partial charge in [-0.15, -0.1) is 0 Å². The van der Waals surface area contributed by atoms with Crippen LogP contribution in [-0.2, 0) is 66.6 Å². The number of hydrogen-bond donors (Lipinski definition) is 3. The molecule has 0 aromatic carbocycles. The van der Waals surface area contributed by atoms with Crippen LogP contribution in [0.2, 0.25) is 0 Å². The summed E-state index contributed by atoms with van der Waals surface area (Å²) < 4.78 is 50.2. The molecule has 0 spiro atoms. The number of aliphatic hydroxyl groups is 3. The largest absolute Gasteiger partial charge is 0.469 e.